The molecule has 1 N–H and O–H groups in total. The second-order valence-electron chi connectivity index (χ2n) is 3.80. The van der Waals surface area contributed by atoms with E-state index in [1.165, 1.54) is 19.3 Å². The molecular weight excluding hydrogens is 172 g/mol. The molecule has 0 aromatic rings. The number of hydrogen-bond donors (Lipinski definition) is 1. The predicted molar refractivity (Wildman–Crippen MR) is 49.3 cm³/mol. The van der Waals surface area contributed by atoms with Gasteiger partial charge in [-0.15, -0.1) is 11.8 Å². The maximum atomic E-state index is 10.8. The van der Waals surface area contributed by atoms with E-state index >= 15 is 0 Å². The number of carbonyl (C=O) groups is 1. The van der Waals surface area contributed by atoms with Gasteiger partial charge >= 0.3 is 5.97 Å². The van der Waals surface area contributed by atoms with E-state index in [0.29, 0.717) is 11.8 Å². The summed E-state index contributed by atoms with van der Waals surface area (Å²) in [6.45, 7) is 0. The van der Waals surface area contributed by atoms with Gasteiger partial charge in [-0.1, -0.05) is 12.8 Å². The van der Waals surface area contributed by atoms with Gasteiger partial charge in [-0.05, 0) is 30.4 Å². The average Bonchev–Trinajstić information content (AvgIpc) is 2.47. The molecule has 0 aromatic heterocycles. The number of fused-ring (bicyclic) bond motifs is 1. The molecule has 2 rings (SSSR count). The Morgan fingerprint density at radius 2 is 2.08 bits per heavy atom. The summed E-state index contributed by atoms with van der Waals surface area (Å²) in [6, 6.07) is 0. The first-order valence-electron chi connectivity index (χ1n) is 4.63. The fourth-order valence-electron chi connectivity index (χ4n) is 2.45. The summed E-state index contributed by atoms with van der Waals surface area (Å²) in [5.41, 5.74) is 0. The molecule has 0 radical (unpaired) electrons. The van der Waals surface area contributed by atoms with Crippen LogP contribution in [0.15, 0.2) is 0 Å². The van der Waals surface area contributed by atoms with Crippen molar-refractivity contribution in [2.24, 2.45) is 11.8 Å². The Labute approximate surface area is 76.7 Å². The van der Waals surface area contributed by atoms with E-state index in [4.69, 9.17) is 5.11 Å². The Bertz CT molecular complexity index is 193. The fourth-order valence-corrected chi connectivity index (χ4v) is 4.06. The van der Waals surface area contributed by atoms with Crippen LogP contribution in [0.5, 0.6) is 0 Å². The highest BCUT2D eigenvalue weighted by atomic mass is 32.2. The molecular formula is C9H14O2S. The molecule has 0 unspecified atom stereocenters. The largest absolute Gasteiger partial charge is 0.480 e. The molecule has 0 spiro atoms. The Hall–Kier alpha value is -0.180. The number of carboxylic acids is 1. The second kappa shape index (κ2) is 3.29. The Balaban J connectivity index is 2.05. The van der Waals surface area contributed by atoms with Gasteiger partial charge in [0.25, 0.3) is 0 Å². The van der Waals surface area contributed by atoms with Crippen LogP contribution in [0.25, 0.3) is 0 Å². The van der Waals surface area contributed by atoms with Gasteiger partial charge in [-0.2, -0.15) is 0 Å². The van der Waals surface area contributed by atoms with Gasteiger partial charge in [0.2, 0.25) is 0 Å². The summed E-state index contributed by atoms with van der Waals surface area (Å²) < 4.78 is 0. The van der Waals surface area contributed by atoms with Crippen LogP contribution < -0.4 is 0 Å². The summed E-state index contributed by atoms with van der Waals surface area (Å²) >= 11 is 1.66. The summed E-state index contributed by atoms with van der Waals surface area (Å²) in [5, 5.41) is 8.84. The van der Waals surface area contributed by atoms with Crippen molar-refractivity contribution in [1.29, 1.82) is 0 Å². The first kappa shape index (κ1) is 8.42. The van der Waals surface area contributed by atoms with Crippen LogP contribution in [0.2, 0.25) is 0 Å². The quantitative estimate of drug-likeness (QED) is 0.680. The standard InChI is InChI=1S/C9H14O2S/c10-9(11)8-7-4-2-1-3-6(7)5-12-8/h6-8H,1-5H2,(H,10,11)/t6-,7+,8+/m0/s1. The third-order valence-corrected chi connectivity index (χ3v) is 4.62. The summed E-state index contributed by atoms with van der Waals surface area (Å²) in [7, 11) is 0. The molecule has 68 valence electrons. The lowest BCUT2D eigenvalue weighted by atomic mass is 9.79. The molecule has 2 nitrogen and oxygen atoms in total. The zero-order valence-electron chi connectivity index (χ0n) is 7.03. The molecule has 3 heteroatoms. The van der Waals surface area contributed by atoms with Gasteiger partial charge in [0.05, 0.1) is 0 Å². The lowest BCUT2D eigenvalue weighted by molar-refractivity contribution is -0.137. The molecule has 1 saturated carbocycles. The van der Waals surface area contributed by atoms with E-state index in [1.807, 2.05) is 0 Å². The minimum atomic E-state index is -0.589. The lowest BCUT2D eigenvalue weighted by Gasteiger charge is -2.26. The van der Waals surface area contributed by atoms with Crippen molar-refractivity contribution in [2.75, 3.05) is 5.75 Å². The third-order valence-electron chi connectivity index (χ3n) is 3.09. The molecule has 0 bridgehead atoms. The molecule has 0 amide bonds. The van der Waals surface area contributed by atoms with Gasteiger partial charge in [-0.25, -0.2) is 0 Å². The normalized spacial score (nSPS) is 40.8. The van der Waals surface area contributed by atoms with Gasteiger partial charge in [0, 0.05) is 0 Å². The maximum Gasteiger partial charge on any atom is 0.316 e. The number of carboxylic acid groups (broad SMARTS) is 1. The van der Waals surface area contributed by atoms with Crippen LogP contribution in [0.3, 0.4) is 0 Å². The van der Waals surface area contributed by atoms with Crippen molar-refractivity contribution in [3.8, 4) is 0 Å². The molecule has 1 saturated heterocycles. The Morgan fingerprint density at radius 1 is 1.33 bits per heavy atom. The highest BCUT2D eigenvalue weighted by Crippen LogP contribution is 2.45. The molecule has 2 fully saturated rings. The summed E-state index contributed by atoms with van der Waals surface area (Å²) in [4.78, 5) is 10.8. The molecule has 12 heavy (non-hydrogen) atoms. The second-order valence-corrected chi connectivity index (χ2v) is 4.98. The van der Waals surface area contributed by atoms with Crippen molar-refractivity contribution in [3.05, 3.63) is 0 Å². The Kier molecular flexibility index (Phi) is 2.31. The first-order valence-corrected chi connectivity index (χ1v) is 5.68. The van der Waals surface area contributed by atoms with Gasteiger partial charge in [0.1, 0.15) is 5.25 Å². The van der Waals surface area contributed by atoms with Crippen molar-refractivity contribution in [1.82, 2.24) is 0 Å². The fraction of sp³-hybridized carbons (Fsp3) is 0.889. The van der Waals surface area contributed by atoms with Crippen LogP contribution >= 0.6 is 11.8 Å². The zero-order chi connectivity index (χ0) is 8.55. The van der Waals surface area contributed by atoms with E-state index in [-0.39, 0.29) is 5.25 Å². The molecule has 1 aliphatic heterocycles. The highest BCUT2D eigenvalue weighted by Gasteiger charge is 2.41. The monoisotopic (exact) mass is 186 g/mol. The smallest absolute Gasteiger partial charge is 0.316 e. The average molecular weight is 186 g/mol. The maximum absolute atomic E-state index is 10.8. The van der Waals surface area contributed by atoms with Crippen molar-refractivity contribution >= 4 is 17.7 Å². The van der Waals surface area contributed by atoms with Gasteiger partial charge < -0.3 is 5.11 Å². The molecule has 3 atom stereocenters. The number of aliphatic carboxylic acids is 1. The van der Waals surface area contributed by atoms with E-state index < -0.39 is 5.97 Å². The molecule has 1 aliphatic carbocycles. The van der Waals surface area contributed by atoms with Crippen molar-refractivity contribution in [3.63, 3.8) is 0 Å². The first-order chi connectivity index (χ1) is 5.79. The van der Waals surface area contributed by atoms with Crippen LogP contribution in [0.4, 0.5) is 0 Å². The lowest BCUT2D eigenvalue weighted by Crippen LogP contribution is -2.28. The van der Waals surface area contributed by atoms with Gasteiger partial charge in [0.15, 0.2) is 0 Å². The van der Waals surface area contributed by atoms with E-state index in [2.05, 4.69) is 0 Å². The van der Waals surface area contributed by atoms with Gasteiger partial charge in [-0.3, -0.25) is 4.79 Å². The van der Waals surface area contributed by atoms with Crippen molar-refractivity contribution < 1.29 is 9.90 Å². The van der Waals surface area contributed by atoms with Crippen LogP contribution in [-0.4, -0.2) is 22.1 Å². The molecule has 0 aromatic carbocycles. The highest BCUT2D eigenvalue weighted by molar-refractivity contribution is 8.00. The number of hydrogen-bond acceptors (Lipinski definition) is 2. The minimum Gasteiger partial charge on any atom is -0.480 e. The van der Waals surface area contributed by atoms with Crippen molar-refractivity contribution in [2.45, 2.75) is 30.9 Å². The third kappa shape index (κ3) is 1.35. The molecule has 1 heterocycles. The van der Waals surface area contributed by atoms with Crippen LogP contribution in [-0.2, 0) is 4.79 Å². The number of rotatable bonds is 1. The molecule has 2 aliphatic rings. The topological polar surface area (TPSA) is 37.3 Å². The zero-order valence-corrected chi connectivity index (χ0v) is 7.85. The van der Waals surface area contributed by atoms with E-state index in [0.717, 1.165) is 12.2 Å². The summed E-state index contributed by atoms with van der Waals surface area (Å²) in [6.07, 6.45) is 4.97. The SMILES string of the molecule is O=C(O)[C@@H]1SC[C@@H]2CCCC[C@H]21. The minimum absolute atomic E-state index is 0.0877. The van der Waals surface area contributed by atoms with Crippen LogP contribution in [0.1, 0.15) is 25.7 Å². The Morgan fingerprint density at radius 3 is 2.83 bits per heavy atom. The van der Waals surface area contributed by atoms with Crippen LogP contribution in [0, 0.1) is 11.8 Å². The summed E-state index contributed by atoms with van der Waals surface area (Å²) in [5.74, 6) is 1.70. The van der Waals surface area contributed by atoms with E-state index in [1.54, 1.807) is 11.8 Å². The predicted octanol–water partition coefficient (Wildman–Crippen LogP) is 1.99. The van der Waals surface area contributed by atoms with E-state index in [9.17, 15) is 4.79 Å². The number of thioether (sulfide) groups is 1.